The normalized spacial score (nSPS) is 16.2. The van der Waals surface area contributed by atoms with Crippen LogP contribution in [0.25, 0.3) is 0 Å². The summed E-state index contributed by atoms with van der Waals surface area (Å²) in [5.41, 5.74) is -22.9. The summed E-state index contributed by atoms with van der Waals surface area (Å²) >= 11 is 0. The van der Waals surface area contributed by atoms with Crippen molar-refractivity contribution < 1.29 is 201 Å². The summed E-state index contributed by atoms with van der Waals surface area (Å²) in [5, 5.41) is -0.346. The van der Waals surface area contributed by atoms with Gasteiger partial charge in [-0.15, -0.1) is 3.71 Å². The molecule has 0 aliphatic carbocycles. The van der Waals surface area contributed by atoms with Crippen molar-refractivity contribution in [1.29, 1.82) is 0 Å². The Hall–Kier alpha value is -8.04. The molecule has 0 aromatic heterocycles. The summed E-state index contributed by atoms with van der Waals surface area (Å²) in [7, 11) is -32.3. The van der Waals surface area contributed by atoms with Crippen LogP contribution in [0.3, 0.4) is 0 Å². The fraction of sp³-hybridized carbons (Fsp3) is 0.562. The van der Waals surface area contributed by atoms with E-state index >= 15 is 0 Å². The summed E-state index contributed by atoms with van der Waals surface area (Å²) in [6.45, 7) is 38.1. The number of alkyl halides is 12. The fourth-order valence-electron chi connectivity index (χ4n) is 10.2. The predicted octanol–water partition coefficient (Wildman–Crippen LogP) is 15.0. The Balaban J connectivity index is 0. The molecule has 3 amide bonds. The number of carbonyl (C=O) groups excluding carboxylic acids is 9. The molecule has 3 aliphatic rings. The first kappa shape index (κ1) is 122. The van der Waals surface area contributed by atoms with Gasteiger partial charge in [0.1, 0.15) is 42.7 Å². The second kappa shape index (κ2) is 52.0. The van der Waals surface area contributed by atoms with E-state index in [4.69, 9.17) is 51.4 Å². The van der Waals surface area contributed by atoms with Gasteiger partial charge in [0.15, 0.2) is 25.0 Å². The number of amides is 3. The summed E-state index contributed by atoms with van der Waals surface area (Å²) in [6.07, 6.45) is 0.0324. The standard InChI is InChI=1S/C24H34F3NO8SSi.C23H34F3NO6SSi.C20H31NO4Si.C8H5F6NO4S2.C3H8.2CO2.Na.H/c1-7-33-21(29)20-18(16-35-38(5,6)23(2,3)4)28(22(30)34-15-17-11-9-8-10-12-17)14-13-19(20)36-37(31,32)24(25,26)27;1-7-18-14-27(21(28)31-15-17-11-9-8-10-12-17)19(16-32-35(5,6)22(2,3)4)13-20(18)33-34(29,30)23(24,25)26;1-20(2,3)26(4,5)25-15-17-13-18(22)11-12-21(17)19(23)24-14-16-9-7-6-8-10-16;9-7(10,11)20(16,17)15(6-4-2-1-3-5-6)21(18,19)8(12,13)14;1-3-2;2*2-1-3;;/h8-12,18H,7,13-16H2,1-6H3;8-12,19H,7,13-16H2,1-6H3;6-10,17H,11-15H2,1-5H3;1-5H;3H2,1-2H3;;;;/q;;;;;;;+1;-1. The summed E-state index contributed by atoms with van der Waals surface area (Å²) in [5.74, 6) is -2.00. The molecule has 1 fully saturated rings. The zero-order chi connectivity index (χ0) is 99.8. The molecule has 0 N–H and O–H groups in total. The number of hydrogen-bond donors (Lipinski definition) is 0. The van der Waals surface area contributed by atoms with Crippen LogP contribution in [0, 0.1) is 0 Å². The number of Topliss-reactive ketones (excluding diaryl/α,β-unsaturated/α-hetero) is 1. The van der Waals surface area contributed by atoms with Gasteiger partial charge in [-0.05, 0) is 102 Å². The molecule has 0 spiro atoms. The first-order valence-electron chi connectivity index (χ1n) is 39.4. The second-order valence-electron chi connectivity index (χ2n) is 32.8. The Bertz CT molecular complexity index is 4850. The van der Waals surface area contributed by atoms with Crippen LogP contribution in [-0.2, 0) is 129 Å². The molecule has 130 heavy (non-hydrogen) atoms. The molecule has 0 saturated carbocycles. The zero-order valence-electron chi connectivity index (χ0n) is 76.7. The van der Waals surface area contributed by atoms with E-state index in [0.29, 0.717) is 43.7 Å². The number of carbonyl (C=O) groups is 5. The quantitative estimate of drug-likeness (QED) is 0.0148. The number of rotatable bonds is 25. The Labute approximate surface area is 777 Å². The van der Waals surface area contributed by atoms with Gasteiger partial charge in [0.2, 0.25) is 0 Å². The van der Waals surface area contributed by atoms with Crippen molar-refractivity contribution >= 4 is 113 Å². The van der Waals surface area contributed by atoms with Gasteiger partial charge >= 0.3 is 128 Å². The van der Waals surface area contributed by atoms with Crippen LogP contribution < -0.4 is 33.3 Å². The molecule has 30 nitrogen and oxygen atoms in total. The van der Waals surface area contributed by atoms with Crippen LogP contribution in [-0.4, -0.2) is 202 Å². The molecule has 50 heteroatoms. The van der Waals surface area contributed by atoms with Crippen LogP contribution in [0.5, 0.6) is 0 Å². The minimum Gasteiger partial charge on any atom is -1.00 e. The Kier molecular flexibility index (Phi) is 48.8. The minimum absolute atomic E-state index is 0. The van der Waals surface area contributed by atoms with Crippen molar-refractivity contribution in [3.05, 3.63) is 161 Å². The van der Waals surface area contributed by atoms with Crippen molar-refractivity contribution in [1.82, 2.24) is 14.7 Å². The third kappa shape index (κ3) is 37.4. The minimum atomic E-state index is -6.81. The second-order valence-corrected chi connectivity index (χ2v) is 54.1. The predicted molar refractivity (Wildman–Crippen MR) is 453 cm³/mol. The van der Waals surface area contributed by atoms with E-state index in [1.807, 2.05) is 116 Å². The molecule has 7 rings (SSSR count). The number of nitrogens with zero attached hydrogens (tertiary/aromatic N) is 4. The molecule has 4 aromatic carbocycles. The number of benzene rings is 4. The molecule has 3 heterocycles. The largest absolute Gasteiger partial charge is 1.00 e. The van der Waals surface area contributed by atoms with Gasteiger partial charge < -0.3 is 46.9 Å². The average Bonchev–Trinajstić information content (AvgIpc) is 0.735. The van der Waals surface area contributed by atoms with Gasteiger partial charge in [-0.25, -0.2) is 19.2 Å². The van der Waals surface area contributed by atoms with Gasteiger partial charge in [0.05, 0.1) is 50.2 Å². The topological polar surface area (TPSA) is 386 Å². The van der Waals surface area contributed by atoms with Crippen LogP contribution >= 0.6 is 0 Å². The van der Waals surface area contributed by atoms with Crippen molar-refractivity contribution in [2.75, 3.05) is 49.8 Å². The van der Waals surface area contributed by atoms with E-state index in [1.54, 1.807) is 54.3 Å². The number of anilines is 1. The van der Waals surface area contributed by atoms with Gasteiger partial charge in [0.25, 0.3) is 0 Å². The third-order valence-corrected chi connectivity index (χ3v) is 39.4. The monoisotopic (exact) mass is 2010 g/mol. The van der Waals surface area contributed by atoms with Crippen molar-refractivity contribution in [3.63, 3.8) is 0 Å². The Morgan fingerprint density at radius 2 is 0.754 bits per heavy atom. The molecule has 3 unspecified atom stereocenters. The summed E-state index contributed by atoms with van der Waals surface area (Å²) in [4.78, 5) is 100. The van der Waals surface area contributed by atoms with E-state index in [0.717, 1.165) is 34.2 Å². The maximum atomic E-state index is 13.1. The Morgan fingerprint density at radius 3 is 1.08 bits per heavy atom. The molecule has 3 atom stereocenters. The number of esters is 1. The SMILES string of the molecule is CC(C)(C)[Si](C)(C)OCC1CC(=O)CCN1C(=O)OCc1ccccc1.CCC.CCC1=C(OS(=O)(=O)C(F)(F)F)CC(CO[Si](C)(C)C(C)(C)C)N(C(=O)OCc2ccccc2)C1.CCOC(=O)C1=C(OS(=O)(=O)C(F)(F)F)CCN(C(=O)OCc2ccccc2)C1CO[Si](C)(C)C(C)(C)C.O=C=O.O=C=O.O=S(=O)(N(c1ccccc1)S(=O)(=O)C(F)(F)F)C(F)(F)F.[H-].[Na+]. The van der Waals surface area contributed by atoms with Gasteiger partial charge in [-0.2, -0.15) is 106 Å². The number of halogens is 12. The molecule has 3 aliphatic heterocycles. The molecule has 730 valence electrons. The number of ketones is 1. The molecule has 0 bridgehead atoms. The van der Waals surface area contributed by atoms with Crippen molar-refractivity contribution in [3.8, 4) is 0 Å². The molecular weight excluding hydrogens is 1900 g/mol. The van der Waals surface area contributed by atoms with Crippen LogP contribution in [0.1, 0.15) is 147 Å². The number of sulfonamides is 2. The number of para-hydroxylation sites is 1. The van der Waals surface area contributed by atoms with Gasteiger partial charge in [-0.1, -0.05) is 199 Å². The van der Waals surface area contributed by atoms with Gasteiger partial charge in [0, 0.05) is 45.3 Å². The first-order chi connectivity index (χ1) is 59.0. The van der Waals surface area contributed by atoms with Crippen LogP contribution in [0.2, 0.25) is 54.4 Å². The summed E-state index contributed by atoms with van der Waals surface area (Å²) in [6, 6.07) is 28.9. The van der Waals surface area contributed by atoms with Crippen LogP contribution in [0.4, 0.5) is 72.8 Å². The maximum absolute atomic E-state index is 13.1. The zero-order valence-corrected chi connectivity index (χ0v) is 83.9. The third-order valence-electron chi connectivity index (χ3n) is 20.3. The van der Waals surface area contributed by atoms with E-state index in [9.17, 15) is 110 Å². The number of hydrogen-bond acceptors (Lipinski definition) is 26. The van der Waals surface area contributed by atoms with Gasteiger partial charge in [-0.3, -0.25) is 14.6 Å². The molecule has 1 saturated heterocycles. The van der Waals surface area contributed by atoms with E-state index in [-0.39, 0.29) is 153 Å². The molecule has 4 aromatic rings. The number of likely N-dealkylation sites (tertiary alicyclic amines) is 1. The van der Waals surface area contributed by atoms with E-state index in [1.165, 1.54) is 18.2 Å². The smallest absolute Gasteiger partial charge is 1.00 e. The van der Waals surface area contributed by atoms with Crippen molar-refractivity contribution in [2.45, 2.75) is 243 Å². The maximum Gasteiger partial charge on any atom is 1.00 e. The number of ether oxygens (including phenoxy) is 4. The molecular formula is C80H113F12N4NaO26S4Si3. The molecule has 0 radical (unpaired) electrons. The fourth-order valence-corrected chi connectivity index (χ4v) is 17.1. The van der Waals surface area contributed by atoms with E-state index < -0.39 is 145 Å². The van der Waals surface area contributed by atoms with E-state index in [2.05, 4.69) is 56.1 Å². The summed E-state index contributed by atoms with van der Waals surface area (Å²) < 4.78 is 292. The van der Waals surface area contributed by atoms with Crippen molar-refractivity contribution in [2.24, 2.45) is 0 Å². The number of piperidine rings is 1. The average molecular weight is 2010 g/mol. The Morgan fingerprint density at radius 1 is 0.446 bits per heavy atom. The van der Waals surface area contributed by atoms with Crippen LogP contribution in [0.15, 0.2) is 144 Å². The first-order valence-corrected chi connectivity index (χ1v) is 53.8.